The molecule has 2 atom stereocenters. The lowest BCUT2D eigenvalue weighted by atomic mass is 10.2. The van der Waals surface area contributed by atoms with E-state index in [2.05, 4.69) is 20.6 Å². The first-order valence-corrected chi connectivity index (χ1v) is 6.49. The van der Waals surface area contributed by atoms with E-state index in [-0.39, 0.29) is 18.1 Å². The number of aryl methyl sites for hydroxylation is 1. The molecule has 8 nitrogen and oxygen atoms in total. The van der Waals surface area contributed by atoms with Gasteiger partial charge in [0.1, 0.15) is 5.76 Å². The first-order valence-electron chi connectivity index (χ1n) is 6.49. The van der Waals surface area contributed by atoms with Crippen molar-refractivity contribution in [1.29, 1.82) is 0 Å². The molecule has 2 saturated heterocycles. The Morgan fingerprint density at radius 3 is 3.10 bits per heavy atom. The number of hydrogen-bond acceptors (Lipinski definition) is 6. The maximum Gasteiger partial charge on any atom is 0.257 e. The highest BCUT2D eigenvalue weighted by Gasteiger charge is 2.42. The lowest BCUT2D eigenvalue weighted by molar-refractivity contribution is 0.0258. The van der Waals surface area contributed by atoms with Crippen LogP contribution in [0.25, 0.3) is 11.6 Å². The maximum absolute atomic E-state index is 12.6. The molecule has 104 valence electrons. The smallest absolute Gasteiger partial charge is 0.257 e. The summed E-state index contributed by atoms with van der Waals surface area (Å²) in [5.74, 6) is 1.34. The number of nitrogens with zero attached hydrogens (tertiary/aromatic N) is 4. The Bertz CT molecular complexity index is 650. The van der Waals surface area contributed by atoms with Crippen molar-refractivity contribution >= 4 is 5.91 Å². The zero-order valence-corrected chi connectivity index (χ0v) is 10.9. The molecule has 1 N–H and O–H groups in total. The van der Waals surface area contributed by atoms with Gasteiger partial charge in [-0.3, -0.25) is 4.79 Å². The number of nitrogens with one attached hydrogen (secondary N) is 1. The second-order valence-corrected chi connectivity index (χ2v) is 5.12. The molecule has 4 rings (SSSR count). The van der Waals surface area contributed by atoms with Gasteiger partial charge in [0.25, 0.3) is 5.91 Å². The zero-order chi connectivity index (χ0) is 13.7. The van der Waals surface area contributed by atoms with Crippen LogP contribution in [0.1, 0.15) is 22.5 Å². The van der Waals surface area contributed by atoms with E-state index in [1.54, 1.807) is 13.0 Å². The maximum atomic E-state index is 12.6. The molecule has 0 unspecified atom stereocenters. The summed E-state index contributed by atoms with van der Waals surface area (Å²) in [6.45, 7) is 3.05. The molecule has 2 aliphatic heterocycles. The van der Waals surface area contributed by atoms with E-state index in [1.165, 1.54) is 0 Å². The van der Waals surface area contributed by atoms with E-state index < -0.39 is 0 Å². The van der Waals surface area contributed by atoms with Gasteiger partial charge in [-0.15, -0.1) is 10.2 Å². The molecule has 2 aliphatic rings. The number of fused-ring (bicyclic) bond motifs is 2. The third kappa shape index (κ3) is 1.64. The van der Waals surface area contributed by atoms with Crippen LogP contribution < -0.4 is 0 Å². The van der Waals surface area contributed by atoms with E-state index >= 15 is 0 Å². The fraction of sp³-hybridized carbons (Fsp3) is 0.500. The fourth-order valence-electron chi connectivity index (χ4n) is 2.87. The molecule has 2 fully saturated rings. The molecule has 0 aliphatic carbocycles. The van der Waals surface area contributed by atoms with Crippen molar-refractivity contribution in [3.63, 3.8) is 0 Å². The summed E-state index contributed by atoms with van der Waals surface area (Å²) in [5.41, 5.74) is 0.553. The monoisotopic (exact) mass is 275 g/mol. The summed E-state index contributed by atoms with van der Waals surface area (Å²) in [4.78, 5) is 14.5. The van der Waals surface area contributed by atoms with Crippen LogP contribution in [0.5, 0.6) is 0 Å². The molecule has 0 aromatic carbocycles. The van der Waals surface area contributed by atoms with Gasteiger partial charge in [-0.2, -0.15) is 5.21 Å². The number of amides is 1. The lowest BCUT2D eigenvalue weighted by Crippen LogP contribution is -2.41. The van der Waals surface area contributed by atoms with E-state index in [0.29, 0.717) is 36.1 Å². The van der Waals surface area contributed by atoms with Crippen LogP contribution in [0, 0.1) is 6.92 Å². The molecule has 2 bridgehead atoms. The lowest BCUT2D eigenvalue weighted by Gasteiger charge is -2.26. The number of ether oxygens (including phenoxy) is 1. The normalized spacial score (nSPS) is 24.6. The van der Waals surface area contributed by atoms with Gasteiger partial charge in [-0.1, -0.05) is 0 Å². The van der Waals surface area contributed by atoms with Crippen LogP contribution >= 0.6 is 0 Å². The summed E-state index contributed by atoms with van der Waals surface area (Å²) >= 11 is 0. The fourth-order valence-corrected chi connectivity index (χ4v) is 2.87. The second kappa shape index (κ2) is 4.14. The van der Waals surface area contributed by atoms with Gasteiger partial charge in [-0.25, -0.2) is 0 Å². The van der Waals surface area contributed by atoms with Crippen molar-refractivity contribution in [3.05, 3.63) is 17.4 Å². The number of hydrogen-bond donors (Lipinski definition) is 1. The predicted molar refractivity (Wildman–Crippen MR) is 65.8 cm³/mol. The van der Waals surface area contributed by atoms with E-state index in [1.807, 2.05) is 4.90 Å². The topological polar surface area (TPSA) is 97.1 Å². The molecule has 20 heavy (non-hydrogen) atoms. The van der Waals surface area contributed by atoms with Crippen LogP contribution in [0.15, 0.2) is 10.5 Å². The van der Waals surface area contributed by atoms with Crippen LogP contribution in [-0.2, 0) is 4.74 Å². The molecule has 2 aromatic heterocycles. The van der Waals surface area contributed by atoms with Crippen molar-refractivity contribution in [2.45, 2.75) is 25.5 Å². The zero-order valence-electron chi connectivity index (χ0n) is 10.9. The highest BCUT2D eigenvalue weighted by atomic mass is 16.5. The molecular weight excluding hydrogens is 262 g/mol. The summed E-state index contributed by atoms with van der Waals surface area (Å²) in [6.07, 6.45) is 1.12. The summed E-state index contributed by atoms with van der Waals surface area (Å²) in [6, 6.07) is 1.87. The van der Waals surface area contributed by atoms with Crippen molar-refractivity contribution in [3.8, 4) is 11.6 Å². The average Bonchev–Trinajstić information content (AvgIpc) is 3.21. The van der Waals surface area contributed by atoms with Crippen molar-refractivity contribution in [2.24, 2.45) is 0 Å². The van der Waals surface area contributed by atoms with E-state index in [4.69, 9.17) is 9.15 Å². The van der Waals surface area contributed by atoms with Crippen molar-refractivity contribution < 1.29 is 13.9 Å². The van der Waals surface area contributed by atoms with Crippen LogP contribution in [0.3, 0.4) is 0 Å². The predicted octanol–water partition coefficient (Wildman–Crippen LogP) is 0.381. The number of aromatic amines is 1. The quantitative estimate of drug-likeness (QED) is 0.851. The Hall–Kier alpha value is -2.22. The summed E-state index contributed by atoms with van der Waals surface area (Å²) in [5, 5.41) is 13.5. The minimum Gasteiger partial charge on any atom is -0.457 e. The van der Waals surface area contributed by atoms with E-state index in [9.17, 15) is 4.79 Å². The number of rotatable bonds is 2. The van der Waals surface area contributed by atoms with Crippen LogP contribution in [0.4, 0.5) is 0 Å². The molecule has 1 amide bonds. The van der Waals surface area contributed by atoms with Gasteiger partial charge in [0.05, 0.1) is 24.3 Å². The number of H-pyrrole nitrogens is 1. The molecule has 0 spiro atoms. The number of likely N-dealkylation sites (tertiary alicyclic amines) is 1. The molecule has 4 heterocycles. The van der Waals surface area contributed by atoms with Crippen LogP contribution in [0.2, 0.25) is 0 Å². The largest absolute Gasteiger partial charge is 0.457 e. The Labute approximate surface area is 114 Å². The SMILES string of the molecule is Cc1oc(-c2nn[nH]n2)cc1C(=O)N1C[C@@H]2C[C@H]1CO2. The van der Waals surface area contributed by atoms with Crippen molar-refractivity contribution in [2.75, 3.05) is 13.2 Å². The number of morpholine rings is 1. The third-order valence-corrected chi connectivity index (χ3v) is 3.88. The second-order valence-electron chi connectivity index (χ2n) is 5.12. The number of carbonyl (C=O) groups is 1. The van der Waals surface area contributed by atoms with Gasteiger partial charge >= 0.3 is 0 Å². The molecule has 2 aromatic rings. The summed E-state index contributed by atoms with van der Waals surface area (Å²) < 4.78 is 11.1. The first kappa shape index (κ1) is 11.6. The van der Waals surface area contributed by atoms with Gasteiger partial charge in [0.15, 0.2) is 5.76 Å². The molecular formula is C12H13N5O3. The number of tetrazole rings is 1. The van der Waals surface area contributed by atoms with E-state index in [0.717, 1.165) is 6.42 Å². The standard InChI is InChI=1S/C12H13N5O3/c1-6-9(3-10(20-6)11-13-15-16-14-11)12(18)17-4-8-2-7(17)5-19-8/h3,7-8H,2,4-5H2,1H3,(H,13,14,15,16)/t7-,8-/m0/s1. The number of furan rings is 1. The Balaban J connectivity index is 1.64. The Morgan fingerprint density at radius 2 is 2.45 bits per heavy atom. The van der Waals surface area contributed by atoms with Gasteiger partial charge < -0.3 is 14.1 Å². The molecule has 0 radical (unpaired) electrons. The number of aromatic nitrogens is 4. The number of carbonyl (C=O) groups excluding carboxylic acids is 1. The van der Waals surface area contributed by atoms with Gasteiger partial charge in [-0.05, 0) is 18.6 Å². The molecule has 0 saturated carbocycles. The van der Waals surface area contributed by atoms with Gasteiger partial charge in [0.2, 0.25) is 5.82 Å². The minimum absolute atomic E-state index is 0.0169. The van der Waals surface area contributed by atoms with Crippen molar-refractivity contribution in [1.82, 2.24) is 25.5 Å². The Morgan fingerprint density at radius 1 is 1.55 bits per heavy atom. The Kier molecular flexibility index (Phi) is 2.40. The average molecular weight is 275 g/mol. The third-order valence-electron chi connectivity index (χ3n) is 3.88. The van der Waals surface area contributed by atoms with Gasteiger partial charge in [0, 0.05) is 12.6 Å². The first-order chi connectivity index (χ1) is 9.72. The summed E-state index contributed by atoms with van der Waals surface area (Å²) in [7, 11) is 0. The molecule has 8 heteroatoms. The highest BCUT2D eigenvalue weighted by Crippen LogP contribution is 2.31. The minimum atomic E-state index is -0.0169. The highest BCUT2D eigenvalue weighted by molar-refractivity contribution is 5.96. The van der Waals surface area contributed by atoms with Crippen LogP contribution in [-0.4, -0.2) is 56.7 Å².